The normalized spacial score (nSPS) is 12.3. The molecular formula is C13H16N4O3. The molecule has 7 heteroatoms. The molecule has 0 aliphatic carbocycles. The molecule has 7 nitrogen and oxygen atoms in total. The van der Waals surface area contributed by atoms with Crippen molar-refractivity contribution < 1.29 is 9.45 Å². The number of rotatable bonds is 5. The monoisotopic (exact) mass is 276 g/mol. The molecule has 1 atom stereocenters. The van der Waals surface area contributed by atoms with E-state index in [1.807, 2.05) is 13.0 Å². The van der Waals surface area contributed by atoms with Gasteiger partial charge in [0.2, 0.25) is 5.89 Å². The van der Waals surface area contributed by atoms with Crippen molar-refractivity contribution in [3.8, 4) is 0 Å². The van der Waals surface area contributed by atoms with Crippen molar-refractivity contribution in [2.45, 2.75) is 33.4 Å². The summed E-state index contributed by atoms with van der Waals surface area (Å²) in [5.41, 5.74) is 1.63. The molecule has 0 aliphatic rings. The molecule has 1 heterocycles. The maximum atomic E-state index is 10.9. The van der Waals surface area contributed by atoms with Crippen LogP contribution in [0.15, 0.2) is 22.7 Å². The number of aryl methyl sites for hydroxylation is 2. The summed E-state index contributed by atoms with van der Waals surface area (Å²) in [6.45, 7) is 5.83. The Morgan fingerprint density at radius 3 is 2.80 bits per heavy atom. The number of hydrogen-bond acceptors (Lipinski definition) is 6. The van der Waals surface area contributed by atoms with Gasteiger partial charge >= 0.3 is 0 Å². The summed E-state index contributed by atoms with van der Waals surface area (Å²) in [4.78, 5) is 14.7. The summed E-state index contributed by atoms with van der Waals surface area (Å²) in [6, 6.07) is 5.17. The van der Waals surface area contributed by atoms with Crippen molar-refractivity contribution in [1.82, 2.24) is 15.5 Å². The summed E-state index contributed by atoms with van der Waals surface area (Å²) in [6.07, 6.45) is 0. The second-order valence-electron chi connectivity index (χ2n) is 4.64. The van der Waals surface area contributed by atoms with Crippen molar-refractivity contribution in [2.24, 2.45) is 0 Å². The highest BCUT2D eigenvalue weighted by molar-refractivity contribution is 5.43. The molecule has 0 aliphatic heterocycles. The average Bonchev–Trinajstić information content (AvgIpc) is 2.82. The van der Waals surface area contributed by atoms with Gasteiger partial charge in [-0.25, -0.2) is 0 Å². The third-order valence-electron chi connectivity index (χ3n) is 3.07. The fourth-order valence-corrected chi connectivity index (χ4v) is 1.87. The highest BCUT2D eigenvalue weighted by Gasteiger charge is 2.14. The van der Waals surface area contributed by atoms with Gasteiger partial charge in [-0.05, 0) is 19.4 Å². The molecule has 2 aromatic rings. The molecule has 20 heavy (non-hydrogen) atoms. The van der Waals surface area contributed by atoms with Crippen LogP contribution < -0.4 is 5.32 Å². The summed E-state index contributed by atoms with van der Waals surface area (Å²) in [7, 11) is 0. The third kappa shape index (κ3) is 3.18. The Hall–Kier alpha value is -2.28. The zero-order valence-corrected chi connectivity index (χ0v) is 11.6. The zero-order chi connectivity index (χ0) is 14.7. The Labute approximate surface area is 116 Å². The summed E-state index contributed by atoms with van der Waals surface area (Å²) in [5, 5.41) is 17.9. The average molecular weight is 276 g/mol. The molecule has 1 aromatic heterocycles. The molecule has 0 saturated carbocycles. The summed E-state index contributed by atoms with van der Waals surface area (Å²) >= 11 is 0. The molecule has 1 N–H and O–H groups in total. The van der Waals surface area contributed by atoms with E-state index in [0.717, 1.165) is 5.56 Å². The first-order chi connectivity index (χ1) is 9.47. The first-order valence-corrected chi connectivity index (χ1v) is 6.25. The number of nitrogens with one attached hydrogen (secondary N) is 1. The van der Waals surface area contributed by atoms with Crippen LogP contribution in [0, 0.1) is 24.0 Å². The number of nitro groups is 1. The van der Waals surface area contributed by atoms with Gasteiger partial charge in [-0.3, -0.25) is 10.1 Å². The van der Waals surface area contributed by atoms with Crippen molar-refractivity contribution >= 4 is 5.69 Å². The lowest BCUT2D eigenvalue weighted by molar-refractivity contribution is -0.385. The van der Waals surface area contributed by atoms with E-state index < -0.39 is 0 Å². The van der Waals surface area contributed by atoms with Gasteiger partial charge in [0.05, 0.1) is 11.5 Å². The predicted octanol–water partition coefficient (Wildman–Crippen LogP) is 2.45. The van der Waals surface area contributed by atoms with Crippen LogP contribution in [0.25, 0.3) is 0 Å². The highest BCUT2D eigenvalue weighted by Crippen LogP contribution is 2.23. The standard InChI is InChI=1S/C13H16N4O3/c1-8-4-5-11(6-12(8)17(18)19)9(2)14-7-13-15-10(3)20-16-13/h4-6,9,14H,7H2,1-3H3. The fourth-order valence-electron chi connectivity index (χ4n) is 1.87. The van der Waals surface area contributed by atoms with Crippen molar-refractivity contribution in [1.29, 1.82) is 0 Å². The Morgan fingerprint density at radius 2 is 2.20 bits per heavy atom. The maximum Gasteiger partial charge on any atom is 0.272 e. The minimum Gasteiger partial charge on any atom is -0.340 e. The maximum absolute atomic E-state index is 10.9. The highest BCUT2D eigenvalue weighted by atomic mass is 16.6. The van der Waals surface area contributed by atoms with Gasteiger partial charge in [0.15, 0.2) is 5.82 Å². The Bertz CT molecular complexity index is 624. The van der Waals surface area contributed by atoms with Crippen LogP contribution in [0.1, 0.15) is 35.8 Å². The van der Waals surface area contributed by atoms with Crippen LogP contribution in [0.2, 0.25) is 0 Å². The third-order valence-corrected chi connectivity index (χ3v) is 3.07. The number of aromatic nitrogens is 2. The minimum absolute atomic E-state index is 0.0480. The molecule has 1 aromatic carbocycles. The van der Waals surface area contributed by atoms with Gasteiger partial charge in [-0.15, -0.1) is 0 Å². The van der Waals surface area contributed by atoms with Crippen LogP contribution in [-0.2, 0) is 6.54 Å². The van der Waals surface area contributed by atoms with E-state index in [1.54, 1.807) is 26.0 Å². The minimum atomic E-state index is -0.367. The van der Waals surface area contributed by atoms with E-state index in [2.05, 4.69) is 15.5 Å². The van der Waals surface area contributed by atoms with Crippen LogP contribution in [0.3, 0.4) is 0 Å². The predicted molar refractivity (Wildman–Crippen MR) is 72.1 cm³/mol. The van der Waals surface area contributed by atoms with Crippen LogP contribution in [0.5, 0.6) is 0 Å². The van der Waals surface area contributed by atoms with Gasteiger partial charge in [-0.2, -0.15) is 4.98 Å². The Balaban J connectivity index is 2.07. The topological polar surface area (TPSA) is 94.1 Å². The molecule has 1 unspecified atom stereocenters. The lowest BCUT2D eigenvalue weighted by Crippen LogP contribution is -2.19. The van der Waals surface area contributed by atoms with E-state index in [-0.39, 0.29) is 16.7 Å². The number of nitro benzene ring substituents is 1. The van der Waals surface area contributed by atoms with E-state index in [9.17, 15) is 10.1 Å². The Morgan fingerprint density at radius 1 is 1.45 bits per heavy atom. The Kier molecular flexibility index (Phi) is 4.09. The van der Waals surface area contributed by atoms with Crippen LogP contribution in [-0.4, -0.2) is 15.1 Å². The molecule has 0 saturated heterocycles. The van der Waals surface area contributed by atoms with Crippen molar-refractivity contribution in [3.63, 3.8) is 0 Å². The summed E-state index contributed by atoms with van der Waals surface area (Å²) < 4.78 is 4.88. The van der Waals surface area contributed by atoms with Crippen molar-refractivity contribution in [3.05, 3.63) is 51.2 Å². The molecular weight excluding hydrogens is 260 g/mol. The van der Waals surface area contributed by atoms with Gasteiger partial charge in [0, 0.05) is 24.6 Å². The molecule has 0 fully saturated rings. The van der Waals surface area contributed by atoms with Gasteiger partial charge in [0.25, 0.3) is 5.69 Å². The molecule has 0 bridgehead atoms. The quantitative estimate of drug-likeness (QED) is 0.665. The molecule has 0 radical (unpaired) electrons. The number of nitrogens with zero attached hydrogens (tertiary/aromatic N) is 3. The van der Waals surface area contributed by atoms with Crippen LogP contribution in [0.4, 0.5) is 5.69 Å². The molecule has 0 amide bonds. The second kappa shape index (κ2) is 5.79. The molecule has 0 spiro atoms. The number of hydrogen-bond donors (Lipinski definition) is 1. The smallest absolute Gasteiger partial charge is 0.272 e. The van der Waals surface area contributed by atoms with E-state index >= 15 is 0 Å². The fraction of sp³-hybridized carbons (Fsp3) is 0.385. The van der Waals surface area contributed by atoms with E-state index in [0.29, 0.717) is 23.8 Å². The molecule has 106 valence electrons. The SMILES string of the molecule is Cc1nc(CNC(C)c2ccc(C)c([N+](=O)[O-])c2)no1. The second-order valence-corrected chi connectivity index (χ2v) is 4.64. The van der Waals surface area contributed by atoms with Crippen LogP contribution >= 0.6 is 0 Å². The van der Waals surface area contributed by atoms with E-state index in [1.165, 1.54) is 0 Å². The first-order valence-electron chi connectivity index (χ1n) is 6.25. The lowest BCUT2D eigenvalue weighted by atomic mass is 10.0. The van der Waals surface area contributed by atoms with E-state index in [4.69, 9.17) is 4.52 Å². The number of benzene rings is 1. The summed E-state index contributed by atoms with van der Waals surface area (Å²) in [5.74, 6) is 1.08. The molecule has 2 rings (SSSR count). The zero-order valence-electron chi connectivity index (χ0n) is 11.6. The van der Waals surface area contributed by atoms with Crippen molar-refractivity contribution in [2.75, 3.05) is 0 Å². The van der Waals surface area contributed by atoms with Gasteiger partial charge < -0.3 is 9.84 Å². The van der Waals surface area contributed by atoms with Gasteiger partial charge in [-0.1, -0.05) is 17.3 Å². The first kappa shape index (κ1) is 14.1. The largest absolute Gasteiger partial charge is 0.340 e. The lowest BCUT2D eigenvalue weighted by Gasteiger charge is -2.13. The van der Waals surface area contributed by atoms with Gasteiger partial charge in [0.1, 0.15) is 0 Å².